The van der Waals surface area contributed by atoms with Crippen LogP contribution in [0.25, 0.3) is 0 Å². The van der Waals surface area contributed by atoms with E-state index in [1.165, 1.54) is 5.06 Å². The zero-order valence-electron chi connectivity index (χ0n) is 18.5. The first-order valence-corrected chi connectivity index (χ1v) is 11.5. The fourth-order valence-electron chi connectivity index (χ4n) is 5.24. The average Bonchev–Trinajstić information content (AvgIpc) is 2.96. The summed E-state index contributed by atoms with van der Waals surface area (Å²) in [6, 6.07) is 0. The van der Waals surface area contributed by atoms with Gasteiger partial charge in [0.1, 0.15) is 18.0 Å². The molecule has 1 spiro atoms. The van der Waals surface area contributed by atoms with Crippen molar-refractivity contribution in [3.8, 4) is 12.3 Å². The first-order valence-electron chi connectivity index (χ1n) is 11.5. The van der Waals surface area contributed by atoms with Crippen LogP contribution in [0.3, 0.4) is 0 Å². The van der Waals surface area contributed by atoms with Crippen molar-refractivity contribution >= 4 is 11.7 Å². The molecule has 1 saturated heterocycles. The number of carbonyl (C=O) groups is 2. The SMILES string of the molecule is C#CCCCC(=O)C1C=CC(CCN2C(=O)CN(O)C23CCC(C(C)C)CC3)=CC1. The van der Waals surface area contributed by atoms with Crippen LogP contribution in [0.1, 0.15) is 71.6 Å². The third-order valence-corrected chi connectivity index (χ3v) is 7.30. The van der Waals surface area contributed by atoms with Crippen molar-refractivity contribution in [1.82, 2.24) is 9.96 Å². The van der Waals surface area contributed by atoms with Gasteiger partial charge >= 0.3 is 0 Å². The summed E-state index contributed by atoms with van der Waals surface area (Å²) in [6.45, 7) is 5.21. The molecule has 0 aromatic heterocycles. The summed E-state index contributed by atoms with van der Waals surface area (Å²) in [4.78, 5) is 26.8. The van der Waals surface area contributed by atoms with Crippen LogP contribution in [0.4, 0.5) is 0 Å². The van der Waals surface area contributed by atoms with Gasteiger partial charge in [0.25, 0.3) is 0 Å². The van der Waals surface area contributed by atoms with Crippen LogP contribution in [0.2, 0.25) is 0 Å². The highest BCUT2D eigenvalue weighted by Crippen LogP contribution is 2.43. The number of carbonyl (C=O) groups excluding carboxylic acids is 2. The van der Waals surface area contributed by atoms with E-state index in [2.05, 4.69) is 25.8 Å². The Labute approximate surface area is 181 Å². The molecule has 0 bridgehead atoms. The number of amides is 1. The number of ketones is 1. The highest BCUT2D eigenvalue weighted by molar-refractivity contribution is 5.83. The van der Waals surface area contributed by atoms with Gasteiger partial charge in [0.2, 0.25) is 5.91 Å². The van der Waals surface area contributed by atoms with Crippen molar-refractivity contribution in [3.63, 3.8) is 0 Å². The lowest BCUT2D eigenvalue weighted by atomic mass is 9.76. The molecule has 1 heterocycles. The zero-order valence-corrected chi connectivity index (χ0v) is 18.5. The van der Waals surface area contributed by atoms with Crippen molar-refractivity contribution in [2.75, 3.05) is 13.1 Å². The minimum absolute atomic E-state index is 0.0162. The van der Waals surface area contributed by atoms with E-state index in [4.69, 9.17) is 6.42 Å². The Hall–Kier alpha value is -1.90. The van der Waals surface area contributed by atoms with Crippen molar-refractivity contribution in [3.05, 3.63) is 23.8 Å². The number of Topliss-reactive ketones (excluding diaryl/α,β-unsaturated/α-hetero) is 1. The minimum Gasteiger partial charge on any atom is -0.321 e. The minimum atomic E-state index is -0.531. The number of nitrogens with zero attached hydrogens (tertiary/aromatic N) is 2. The van der Waals surface area contributed by atoms with E-state index in [-0.39, 0.29) is 24.2 Å². The van der Waals surface area contributed by atoms with E-state index < -0.39 is 5.66 Å². The molecule has 164 valence electrons. The van der Waals surface area contributed by atoms with Gasteiger partial charge in [-0.2, -0.15) is 5.06 Å². The zero-order chi connectivity index (χ0) is 21.7. The predicted molar refractivity (Wildman–Crippen MR) is 117 cm³/mol. The van der Waals surface area contributed by atoms with Crippen LogP contribution in [0.5, 0.6) is 0 Å². The van der Waals surface area contributed by atoms with Crippen LogP contribution in [-0.2, 0) is 9.59 Å². The second-order valence-electron chi connectivity index (χ2n) is 9.42. The lowest BCUT2D eigenvalue weighted by molar-refractivity contribution is -0.201. The summed E-state index contributed by atoms with van der Waals surface area (Å²) >= 11 is 0. The number of unbranched alkanes of at least 4 members (excludes halogenated alkanes) is 1. The van der Waals surface area contributed by atoms with Crippen LogP contribution < -0.4 is 0 Å². The molecule has 0 aromatic rings. The quantitative estimate of drug-likeness (QED) is 0.476. The smallest absolute Gasteiger partial charge is 0.240 e. The molecule has 30 heavy (non-hydrogen) atoms. The van der Waals surface area contributed by atoms with Crippen molar-refractivity contribution in [1.29, 1.82) is 0 Å². The first kappa shape index (κ1) is 22.8. The lowest BCUT2D eigenvalue weighted by Crippen LogP contribution is -2.55. The number of hydrogen-bond donors (Lipinski definition) is 1. The monoisotopic (exact) mass is 412 g/mol. The highest BCUT2D eigenvalue weighted by atomic mass is 16.5. The van der Waals surface area contributed by atoms with Gasteiger partial charge in [-0.3, -0.25) is 9.59 Å². The van der Waals surface area contributed by atoms with Gasteiger partial charge in [-0.05, 0) is 56.8 Å². The molecule has 1 aliphatic heterocycles. The summed E-state index contributed by atoms with van der Waals surface area (Å²) < 4.78 is 0. The fourth-order valence-corrected chi connectivity index (χ4v) is 5.24. The molecular formula is C25H36N2O3. The predicted octanol–water partition coefficient (Wildman–Crippen LogP) is 4.33. The number of hydrogen-bond acceptors (Lipinski definition) is 4. The molecule has 1 saturated carbocycles. The summed E-state index contributed by atoms with van der Waals surface area (Å²) in [5, 5.41) is 11.9. The molecule has 5 heteroatoms. The molecule has 1 amide bonds. The Balaban J connectivity index is 1.55. The van der Waals surface area contributed by atoms with Crippen LogP contribution in [-0.4, -0.2) is 45.6 Å². The first-order chi connectivity index (χ1) is 14.4. The van der Waals surface area contributed by atoms with E-state index in [1.54, 1.807) is 0 Å². The summed E-state index contributed by atoms with van der Waals surface area (Å²) in [6.07, 6.45) is 18.6. The van der Waals surface area contributed by atoms with Gasteiger partial charge in [-0.1, -0.05) is 37.6 Å². The van der Waals surface area contributed by atoms with E-state index >= 15 is 0 Å². The molecule has 1 N–H and O–H groups in total. The number of terminal acetylenes is 1. The molecule has 3 aliphatic rings. The average molecular weight is 413 g/mol. The maximum atomic E-state index is 12.6. The highest BCUT2D eigenvalue weighted by Gasteiger charge is 2.52. The topological polar surface area (TPSA) is 60.9 Å². The number of hydroxylamine groups is 2. The van der Waals surface area contributed by atoms with Gasteiger partial charge in [0.15, 0.2) is 0 Å². The Morgan fingerprint density at radius 2 is 2.10 bits per heavy atom. The van der Waals surface area contributed by atoms with Crippen molar-refractivity contribution in [2.45, 2.75) is 77.3 Å². The van der Waals surface area contributed by atoms with Crippen LogP contribution in [0, 0.1) is 30.1 Å². The van der Waals surface area contributed by atoms with Gasteiger partial charge in [-0.25, -0.2) is 0 Å². The third kappa shape index (κ3) is 4.87. The molecule has 3 rings (SSSR count). The third-order valence-electron chi connectivity index (χ3n) is 7.30. The van der Waals surface area contributed by atoms with Crippen molar-refractivity contribution in [2.24, 2.45) is 17.8 Å². The second kappa shape index (κ2) is 9.94. The standard InChI is InChI=1S/C25H36N2O3/c1-4-5-6-7-23(28)22-10-8-20(9-11-22)14-17-26-24(29)18-27(30)25(26)15-12-21(13-16-25)19(2)3/h1,8-10,19,21-22,30H,5-7,11-18H2,2-3H3. The Bertz CT molecular complexity index is 738. The molecule has 0 aromatic carbocycles. The van der Waals surface area contributed by atoms with Crippen LogP contribution >= 0.6 is 0 Å². The summed E-state index contributed by atoms with van der Waals surface area (Å²) in [5.41, 5.74) is 0.634. The van der Waals surface area contributed by atoms with Crippen LogP contribution in [0.15, 0.2) is 23.8 Å². The molecule has 5 nitrogen and oxygen atoms in total. The van der Waals surface area contributed by atoms with E-state index in [1.807, 2.05) is 17.1 Å². The van der Waals surface area contributed by atoms with Gasteiger partial charge < -0.3 is 10.1 Å². The lowest BCUT2D eigenvalue weighted by Gasteiger charge is -2.46. The van der Waals surface area contributed by atoms with Gasteiger partial charge in [-0.15, -0.1) is 12.3 Å². The molecule has 1 unspecified atom stereocenters. The summed E-state index contributed by atoms with van der Waals surface area (Å²) in [7, 11) is 0. The Kier molecular flexibility index (Phi) is 7.55. The van der Waals surface area contributed by atoms with Crippen molar-refractivity contribution < 1.29 is 14.8 Å². The van der Waals surface area contributed by atoms with Gasteiger partial charge in [0, 0.05) is 25.3 Å². The largest absolute Gasteiger partial charge is 0.321 e. The number of rotatable bonds is 8. The maximum Gasteiger partial charge on any atom is 0.240 e. The Morgan fingerprint density at radius 1 is 1.37 bits per heavy atom. The van der Waals surface area contributed by atoms with Gasteiger partial charge in [0.05, 0.1) is 0 Å². The fraction of sp³-hybridized carbons (Fsp3) is 0.680. The summed E-state index contributed by atoms with van der Waals surface area (Å²) in [5.74, 6) is 4.10. The van der Waals surface area contributed by atoms with E-state index in [0.717, 1.165) is 50.5 Å². The molecule has 2 aliphatic carbocycles. The maximum absolute atomic E-state index is 12.6. The van der Waals surface area contributed by atoms with E-state index in [9.17, 15) is 14.8 Å². The normalized spacial score (nSPS) is 29.5. The Morgan fingerprint density at radius 3 is 2.70 bits per heavy atom. The second-order valence-corrected chi connectivity index (χ2v) is 9.42. The molecule has 2 fully saturated rings. The molecular weight excluding hydrogens is 376 g/mol. The van der Waals surface area contributed by atoms with E-state index in [0.29, 0.717) is 31.2 Å². The molecule has 0 radical (unpaired) electrons. The number of allylic oxidation sites excluding steroid dienone is 3. The molecule has 1 atom stereocenters.